The number of nitrogens with zero attached hydrogens (tertiary/aromatic N) is 2. The van der Waals surface area contributed by atoms with Crippen LogP contribution in [0.1, 0.15) is 5.56 Å². The largest absolute Gasteiger partial charge is 0.388 e. The van der Waals surface area contributed by atoms with Crippen molar-refractivity contribution >= 4 is 17.4 Å². The van der Waals surface area contributed by atoms with Crippen molar-refractivity contribution in [1.29, 1.82) is 0 Å². The van der Waals surface area contributed by atoms with Gasteiger partial charge < -0.3 is 15.2 Å². The van der Waals surface area contributed by atoms with Gasteiger partial charge in [-0.2, -0.15) is 0 Å². The Bertz CT molecular complexity index is 361. The summed E-state index contributed by atoms with van der Waals surface area (Å²) in [6.45, 7) is 2.71. The fourth-order valence-electron chi connectivity index (χ4n) is 1.42. The maximum absolute atomic E-state index is 9.55. The molecule has 1 aromatic heterocycles. The minimum Gasteiger partial charge on any atom is -0.388 e. The van der Waals surface area contributed by atoms with Gasteiger partial charge in [-0.25, -0.2) is 9.97 Å². The van der Waals surface area contributed by atoms with E-state index in [1.165, 1.54) is 0 Å². The van der Waals surface area contributed by atoms with Crippen LogP contribution in [0.3, 0.4) is 0 Å². The van der Waals surface area contributed by atoms with Crippen molar-refractivity contribution in [1.82, 2.24) is 9.97 Å². The molecule has 2 N–H and O–H groups in total. The number of aliphatic hydroxyl groups excluding tert-OH is 1. The van der Waals surface area contributed by atoms with Crippen molar-refractivity contribution in [3.8, 4) is 0 Å². The molecule has 2 heterocycles. The Morgan fingerprint density at radius 2 is 2.40 bits per heavy atom. The van der Waals surface area contributed by atoms with Crippen molar-refractivity contribution in [2.24, 2.45) is 0 Å². The molecule has 0 amide bonds. The zero-order valence-electron chi connectivity index (χ0n) is 8.27. The number of ether oxygens (including phenoxy) is 1. The van der Waals surface area contributed by atoms with Gasteiger partial charge >= 0.3 is 0 Å². The average molecular weight is 230 g/mol. The third-order valence-electron chi connectivity index (χ3n) is 2.31. The van der Waals surface area contributed by atoms with Crippen molar-refractivity contribution in [2.45, 2.75) is 19.1 Å². The summed E-state index contributed by atoms with van der Waals surface area (Å²) in [6.07, 6.45) is 1.14. The Kier molecular flexibility index (Phi) is 3.04. The van der Waals surface area contributed by atoms with Gasteiger partial charge in [0.15, 0.2) is 0 Å². The van der Waals surface area contributed by atoms with Gasteiger partial charge in [-0.05, 0) is 18.5 Å². The Hall–Kier alpha value is -0.910. The average Bonchev–Trinajstić information content (AvgIpc) is 2.58. The SMILES string of the molecule is Cc1cnc(Cl)nc1NC1COCC1O. The van der Waals surface area contributed by atoms with E-state index in [0.717, 1.165) is 5.56 Å². The summed E-state index contributed by atoms with van der Waals surface area (Å²) in [6, 6.07) is -0.130. The molecule has 15 heavy (non-hydrogen) atoms. The van der Waals surface area contributed by atoms with Crippen molar-refractivity contribution in [3.63, 3.8) is 0 Å². The first kappa shape index (κ1) is 10.6. The minimum atomic E-state index is -0.502. The quantitative estimate of drug-likeness (QED) is 0.728. The van der Waals surface area contributed by atoms with Gasteiger partial charge in [0.2, 0.25) is 5.28 Å². The Balaban J connectivity index is 2.12. The summed E-state index contributed by atoms with van der Waals surface area (Å²) in [7, 11) is 0. The van der Waals surface area contributed by atoms with Crippen molar-refractivity contribution in [2.75, 3.05) is 18.5 Å². The van der Waals surface area contributed by atoms with E-state index in [1.54, 1.807) is 6.20 Å². The number of halogens is 1. The van der Waals surface area contributed by atoms with E-state index in [2.05, 4.69) is 15.3 Å². The minimum absolute atomic E-state index is 0.130. The molecule has 0 bridgehead atoms. The number of rotatable bonds is 2. The predicted octanol–water partition coefficient (Wildman–Crippen LogP) is 0.610. The van der Waals surface area contributed by atoms with E-state index in [0.29, 0.717) is 19.0 Å². The van der Waals surface area contributed by atoms with Crippen LogP contribution >= 0.6 is 11.6 Å². The van der Waals surface area contributed by atoms with Gasteiger partial charge in [-0.15, -0.1) is 0 Å². The smallest absolute Gasteiger partial charge is 0.224 e. The molecule has 6 heteroatoms. The van der Waals surface area contributed by atoms with Crippen LogP contribution in [0.25, 0.3) is 0 Å². The standard InChI is InChI=1S/C9H12ClN3O2/c1-5-2-11-9(10)13-8(5)12-6-3-15-4-7(6)14/h2,6-7,14H,3-4H2,1H3,(H,11,12,13). The molecule has 5 nitrogen and oxygen atoms in total. The first-order valence-corrected chi connectivity index (χ1v) is 5.06. The number of aryl methyl sites for hydroxylation is 1. The molecule has 1 fully saturated rings. The van der Waals surface area contributed by atoms with Gasteiger partial charge in [0.25, 0.3) is 0 Å². The second kappa shape index (κ2) is 4.30. The molecule has 1 saturated heterocycles. The predicted molar refractivity (Wildman–Crippen MR) is 56.0 cm³/mol. The van der Waals surface area contributed by atoms with E-state index >= 15 is 0 Å². The Morgan fingerprint density at radius 3 is 3.07 bits per heavy atom. The molecule has 0 radical (unpaired) electrons. The van der Waals surface area contributed by atoms with Crippen LogP contribution in [0, 0.1) is 6.92 Å². The zero-order valence-corrected chi connectivity index (χ0v) is 9.03. The second-order valence-electron chi connectivity index (χ2n) is 3.53. The highest BCUT2D eigenvalue weighted by molar-refractivity contribution is 6.28. The molecule has 0 aliphatic carbocycles. The molecule has 0 saturated carbocycles. The molecule has 0 spiro atoms. The first-order chi connectivity index (χ1) is 7.16. The second-order valence-corrected chi connectivity index (χ2v) is 3.86. The number of nitrogens with one attached hydrogen (secondary N) is 1. The number of anilines is 1. The van der Waals surface area contributed by atoms with E-state index in [-0.39, 0.29) is 11.3 Å². The molecule has 2 unspecified atom stereocenters. The highest BCUT2D eigenvalue weighted by Crippen LogP contribution is 2.17. The molecule has 1 aromatic rings. The number of hydrogen-bond donors (Lipinski definition) is 2. The number of aromatic nitrogens is 2. The van der Waals surface area contributed by atoms with Gasteiger partial charge in [0, 0.05) is 11.8 Å². The van der Waals surface area contributed by atoms with E-state index in [1.807, 2.05) is 6.92 Å². The summed E-state index contributed by atoms with van der Waals surface area (Å²) in [5, 5.41) is 12.8. The normalized spacial score (nSPS) is 25.5. The summed E-state index contributed by atoms with van der Waals surface area (Å²) >= 11 is 5.68. The van der Waals surface area contributed by atoms with Crippen molar-refractivity contribution < 1.29 is 9.84 Å². The lowest BCUT2D eigenvalue weighted by Crippen LogP contribution is -2.32. The third kappa shape index (κ3) is 2.37. The van der Waals surface area contributed by atoms with Crippen LogP contribution in [0.15, 0.2) is 6.20 Å². The van der Waals surface area contributed by atoms with Gasteiger partial charge in [0.05, 0.1) is 25.4 Å². The van der Waals surface area contributed by atoms with Crippen LogP contribution in [0.4, 0.5) is 5.82 Å². The summed E-state index contributed by atoms with van der Waals surface area (Å²) in [5.74, 6) is 0.643. The fraction of sp³-hybridized carbons (Fsp3) is 0.556. The van der Waals surface area contributed by atoms with E-state index < -0.39 is 6.10 Å². The molecular formula is C9H12ClN3O2. The lowest BCUT2D eigenvalue weighted by Gasteiger charge is -2.16. The van der Waals surface area contributed by atoms with Gasteiger partial charge in [0.1, 0.15) is 5.82 Å². The summed E-state index contributed by atoms with van der Waals surface area (Å²) in [5.41, 5.74) is 0.888. The van der Waals surface area contributed by atoms with Crippen LogP contribution < -0.4 is 5.32 Å². The van der Waals surface area contributed by atoms with E-state index in [4.69, 9.17) is 16.3 Å². The molecular weight excluding hydrogens is 218 g/mol. The maximum Gasteiger partial charge on any atom is 0.224 e. The third-order valence-corrected chi connectivity index (χ3v) is 2.50. The van der Waals surface area contributed by atoms with E-state index in [9.17, 15) is 5.11 Å². The molecule has 2 rings (SSSR count). The topological polar surface area (TPSA) is 67.3 Å². The molecule has 0 aromatic carbocycles. The highest BCUT2D eigenvalue weighted by Gasteiger charge is 2.26. The monoisotopic (exact) mass is 229 g/mol. The lowest BCUT2D eigenvalue weighted by atomic mass is 10.2. The first-order valence-electron chi connectivity index (χ1n) is 4.68. The molecule has 2 atom stereocenters. The van der Waals surface area contributed by atoms with Crippen LogP contribution in [-0.2, 0) is 4.74 Å². The van der Waals surface area contributed by atoms with Crippen LogP contribution in [0.2, 0.25) is 5.28 Å². The summed E-state index contributed by atoms with van der Waals surface area (Å²) < 4.78 is 5.12. The Labute approximate surface area is 92.5 Å². The number of aliphatic hydroxyl groups is 1. The van der Waals surface area contributed by atoms with Crippen LogP contribution in [0.5, 0.6) is 0 Å². The molecule has 1 aliphatic heterocycles. The molecule has 82 valence electrons. The fourth-order valence-corrected chi connectivity index (χ4v) is 1.56. The molecule has 1 aliphatic rings. The van der Waals surface area contributed by atoms with Crippen LogP contribution in [-0.4, -0.2) is 40.4 Å². The Morgan fingerprint density at radius 1 is 1.60 bits per heavy atom. The lowest BCUT2D eigenvalue weighted by molar-refractivity contribution is 0.125. The van der Waals surface area contributed by atoms with Gasteiger partial charge in [-0.3, -0.25) is 0 Å². The van der Waals surface area contributed by atoms with Gasteiger partial charge in [-0.1, -0.05) is 0 Å². The maximum atomic E-state index is 9.55. The zero-order chi connectivity index (χ0) is 10.8. The summed E-state index contributed by atoms with van der Waals surface area (Å²) in [4.78, 5) is 7.90. The highest BCUT2D eigenvalue weighted by atomic mass is 35.5. The number of hydrogen-bond acceptors (Lipinski definition) is 5. The van der Waals surface area contributed by atoms with Crippen molar-refractivity contribution in [3.05, 3.63) is 17.0 Å².